The Morgan fingerprint density at radius 3 is 2.35 bits per heavy atom. The Balaban J connectivity index is 1.80. The molecule has 4 nitrogen and oxygen atoms in total. The van der Waals surface area contributed by atoms with Crippen molar-refractivity contribution in [2.45, 2.75) is 57.8 Å². The third-order valence-electron chi connectivity index (χ3n) is 4.18. The van der Waals surface area contributed by atoms with Gasteiger partial charge in [-0.15, -0.1) is 0 Å². The quantitative estimate of drug-likeness (QED) is 0.794. The maximum atomic E-state index is 14.2. The van der Waals surface area contributed by atoms with Crippen LogP contribution in [0.25, 0.3) is 0 Å². The summed E-state index contributed by atoms with van der Waals surface area (Å²) in [6.45, 7) is 7.73. The fraction of sp³-hybridized carbons (Fsp3) is 0.643. The first-order valence-electron chi connectivity index (χ1n) is 6.96. The molecule has 0 spiro atoms. The molecular formula is C14H19BFNO3. The zero-order valence-corrected chi connectivity index (χ0v) is 12.3. The van der Waals surface area contributed by atoms with Crippen LogP contribution in [0.5, 0.6) is 5.88 Å². The first-order chi connectivity index (χ1) is 9.28. The van der Waals surface area contributed by atoms with Crippen LogP contribution in [0.2, 0.25) is 0 Å². The summed E-state index contributed by atoms with van der Waals surface area (Å²) in [5.74, 6) is -0.0839. The Hall–Kier alpha value is -1.14. The average molecular weight is 279 g/mol. The molecule has 1 aliphatic carbocycles. The van der Waals surface area contributed by atoms with Crippen molar-refractivity contribution < 1.29 is 18.4 Å². The predicted octanol–water partition coefficient (Wildman–Crippen LogP) is 2.06. The SMILES string of the molecule is CC1(C)OB(c2cnc(OC3CC3)cc2F)OC1(C)C. The molecule has 1 saturated heterocycles. The topological polar surface area (TPSA) is 40.6 Å². The Labute approximate surface area is 118 Å². The summed E-state index contributed by atoms with van der Waals surface area (Å²) < 4.78 is 31.3. The molecule has 0 atom stereocenters. The minimum absolute atomic E-state index is 0.199. The smallest absolute Gasteiger partial charge is 0.474 e. The third-order valence-corrected chi connectivity index (χ3v) is 4.18. The number of rotatable bonds is 3. The molecule has 6 heteroatoms. The molecule has 0 bridgehead atoms. The molecule has 108 valence electrons. The highest BCUT2D eigenvalue weighted by molar-refractivity contribution is 6.62. The largest absolute Gasteiger partial charge is 0.499 e. The van der Waals surface area contributed by atoms with E-state index in [-0.39, 0.29) is 6.10 Å². The van der Waals surface area contributed by atoms with Crippen LogP contribution < -0.4 is 10.2 Å². The summed E-state index contributed by atoms with van der Waals surface area (Å²) in [4.78, 5) is 4.14. The Bertz CT molecular complexity index is 515. The highest BCUT2D eigenvalue weighted by Crippen LogP contribution is 2.36. The standard InChI is InChI=1S/C14H19BFNO3/c1-13(2)14(3,4)20-15(19-13)10-8-17-12(7-11(10)16)18-9-5-6-9/h7-9H,5-6H2,1-4H3. The van der Waals surface area contributed by atoms with E-state index < -0.39 is 24.1 Å². The molecule has 0 radical (unpaired) electrons. The van der Waals surface area contributed by atoms with E-state index in [0.717, 1.165) is 12.8 Å². The molecule has 1 aromatic heterocycles. The van der Waals surface area contributed by atoms with E-state index in [0.29, 0.717) is 11.3 Å². The molecule has 3 rings (SSSR count). The van der Waals surface area contributed by atoms with Gasteiger partial charge in [-0.05, 0) is 40.5 Å². The maximum Gasteiger partial charge on any atom is 0.499 e. The van der Waals surface area contributed by atoms with Crippen LogP contribution in [0, 0.1) is 5.82 Å². The molecule has 2 aliphatic rings. The zero-order valence-electron chi connectivity index (χ0n) is 12.3. The molecule has 0 amide bonds. The van der Waals surface area contributed by atoms with E-state index in [2.05, 4.69) is 4.98 Å². The van der Waals surface area contributed by atoms with Crippen LogP contribution in [-0.2, 0) is 9.31 Å². The number of ether oxygens (including phenoxy) is 1. The summed E-state index contributed by atoms with van der Waals surface area (Å²) in [5.41, 5.74) is -0.674. The number of aromatic nitrogens is 1. The minimum atomic E-state index is -0.734. The van der Waals surface area contributed by atoms with Crippen molar-refractivity contribution in [3.8, 4) is 5.88 Å². The van der Waals surface area contributed by atoms with Crippen molar-refractivity contribution in [3.05, 3.63) is 18.1 Å². The number of halogens is 1. The van der Waals surface area contributed by atoms with Crippen molar-refractivity contribution in [3.63, 3.8) is 0 Å². The summed E-state index contributed by atoms with van der Waals surface area (Å²) in [5, 5.41) is 0. The molecule has 0 aromatic carbocycles. The lowest BCUT2D eigenvalue weighted by Crippen LogP contribution is -2.41. The number of hydrogen-bond acceptors (Lipinski definition) is 4. The van der Waals surface area contributed by atoms with E-state index in [1.54, 1.807) is 0 Å². The van der Waals surface area contributed by atoms with E-state index in [1.807, 2.05) is 27.7 Å². The van der Waals surface area contributed by atoms with Crippen LogP contribution in [0.3, 0.4) is 0 Å². The zero-order chi connectivity index (χ0) is 14.5. The van der Waals surface area contributed by atoms with Gasteiger partial charge >= 0.3 is 7.12 Å². The van der Waals surface area contributed by atoms with Crippen molar-refractivity contribution in [2.75, 3.05) is 0 Å². The normalized spacial score (nSPS) is 23.9. The van der Waals surface area contributed by atoms with E-state index in [4.69, 9.17) is 14.0 Å². The van der Waals surface area contributed by atoms with Crippen LogP contribution in [-0.4, -0.2) is 29.4 Å². The summed E-state index contributed by atoms with van der Waals surface area (Å²) >= 11 is 0. The van der Waals surface area contributed by atoms with Gasteiger partial charge in [-0.1, -0.05) is 0 Å². The number of hydrogen-bond donors (Lipinski definition) is 0. The molecule has 20 heavy (non-hydrogen) atoms. The van der Waals surface area contributed by atoms with E-state index in [9.17, 15) is 4.39 Å². The van der Waals surface area contributed by atoms with Gasteiger partial charge in [-0.3, -0.25) is 0 Å². The van der Waals surface area contributed by atoms with Crippen LogP contribution in [0.4, 0.5) is 4.39 Å². The lowest BCUT2D eigenvalue weighted by atomic mass is 9.80. The second kappa shape index (κ2) is 4.43. The van der Waals surface area contributed by atoms with Gasteiger partial charge in [0.25, 0.3) is 0 Å². The molecule has 0 unspecified atom stereocenters. The second-order valence-electron chi connectivity index (χ2n) is 6.45. The lowest BCUT2D eigenvalue weighted by Gasteiger charge is -2.32. The van der Waals surface area contributed by atoms with Crippen LogP contribution >= 0.6 is 0 Å². The minimum Gasteiger partial charge on any atom is -0.474 e. The molecule has 1 aliphatic heterocycles. The van der Waals surface area contributed by atoms with Crippen LogP contribution in [0.1, 0.15) is 40.5 Å². The second-order valence-corrected chi connectivity index (χ2v) is 6.45. The van der Waals surface area contributed by atoms with Gasteiger partial charge in [0.2, 0.25) is 5.88 Å². The Kier molecular flexibility index (Phi) is 3.06. The van der Waals surface area contributed by atoms with Gasteiger partial charge < -0.3 is 14.0 Å². The average Bonchev–Trinajstić information content (AvgIpc) is 3.07. The van der Waals surface area contributed by atoms with Crippen molar-refractivity contribution in [2.24, 2.45) is 0 Å². The number of pyridine rings is 1. The predicted molar refractivity (Wildman–Crippen MR) is 73.6 cm³/mol. The summed E-state index contributed by atoms with van der Waals surface area (Å²) in [6.07, 6.45) is 3.67. The van der Waals surface area contributed by atoms with Crippen molar-refractivity contribution >= 4 is 12.6 Å². The molecule has 1 aromatic rings. The Morgan fingerprint density at radius 2 is 1.85 bits per heavy atom. The lowest BCUT2D eigenvalue weighted by molar-refractivity contribution is 0.00578. The van der Waals surface area contributed by atoms with Crippen molar-refractivity contribution in [1.29, 1.82) is 0 Å². The van der Waals surface area contributed by atoms with E-state index in [1.165, 1.54) is 12.3 Å². The molecular weight excluding hydrogens is 260 g/mol. The third kappa shape index (κ3) is 2.42. The molecule has 0 N–H and O–H groups in total. The monoisotopic (exact) mass is 279 g/mol. The highest BCUT2D eigenvalue weighted by Gasteiger charge is 2.52. The molecule has 2 heterocycles. The van der Waals surface area contributed by atoms with Gasteiger partial charge in [0.1, 0.15) is 11.9 Å². The van der Waals surface area contributed by atoms with Gasteiger partial charge in [-0.2, -0.15) is 0 Å². The fourth-order valence-electron chi connectivity index (χ4n) is 1.99. The first-order valence-corrected chi connectivity index (χ1v) is 6.96. The van der Waals surface area contributed by atoms with E-state index >= 15 is 0 Å². The maximum absolute atomic E-state index is 14.2. The van der Waals surface area contributed by atoms with Gasteiger partial charge in [-0.25, -0.2) is 9.37 Å². The number of nitrogens with zero attached hydrogens (tertiary/aromatic N) is 1. The molecule has 2 fully saturated rings. The molecule has 1 saturated carbocycles. The van der Waals surface area contributed by atoms with Gasteiger partial charge in [0.05, 0.1) is 11.2 Å². The highest BCUT2D eigenvalue weighted by atomic mass is 19.1. The van der Waals surface area contributed by atoms with Gasteiger partial charge in [0, 0.05) is 17.7 Å². The summed E-state index contributed by atoms with van der Waals surface area (Å²) in [6, 6.07) is 1.30. The van der Waals surface area contributed by atoms with Crippen molar-refractivity contribution in [1.82, 2.24) is 4.98 Å². The summed E-state index contributed by atoms with van der Waals surface area (Å²) in [7, 11) is -0.734. The van der Waals surface area contributed by atoms with Crippen LogP contribution in [0.15, 0.2) is 12.3 Å². The van der Waals surface area contributed by atoms with Gasteiger partial charge in [0.15, 0.2) is 0 Å². The first kappa shape index (κ1) is 13.8. The fourth-order valence-corrected chi connectivity index (χ4v) is 1.99. The Morgan fingerprint density at radius 1 is 1.25 bits per heavy atom.